The highest BCUT2D eigenvalue weighted by Gasteiger charge is 2.31. The smallest absolute Gasteiger partial charge is 0.226 e. The van der Waals surface area contributed by atoms with Crippen LogP contribution in [0.3, 0.4) is 0 Å². The average molecular weight is 288 g/mol. The molecule has 21 heavy (non-hydrogen) atoms. The Morgan fingerprint density at radius 2 is 2.33 bits per heavy atom. The van der Waals surface area contributed by atoms with E-state index in [9.17, 15) is 9.90 Å². The van der Waals surface area contributed by atoms with Gasteiger partial charge in [-0.25, -0.2) is 0 Å². The fraction of sp³-hybridized carbons (Fsp3) is 0.500. The molecule has 1 aliphatic carbocycles. The van der Waals surface area contributed by atoms with Crippen LogP contribution in [0.15, 0.2) is 24.3 Å². The number of rotatable bonds is 7. The molecule has 1 saturated carbocycles. The molecular formula is C16H20N2O3. The largest absolute Gasteiger partial charge is 0.479 e. The number of ether oxygens (including phenoxy) is 1. The maximum absolute atomic E-state index is 12.1. The zero-order valence-corrected chi connectivity index (χ0v) is 12.2. The molecular weight excluding hydrogens is 268 g/mol. The lowest BCUT2D eigenvalue weighted by Gasteiger charge is -2.20. The van der Waals surface area contributed by atoms with Gasteiger partial charge in [-0.1, -0.05) is 12.1 Å². The van der Waals surface area contributed by atoms with Crippen LogP contribution in [0.1, 0.15) is 18.4 Å². The van der Waals surface area contributed by atoms with Gasteiger partial charge in [-0.2, -0.15) is 5.26 Å². The lowest BCUT2D eigenvalue weighted by molar-refractivity contribution is -0.130. The van der Waals surface area contributed by atoms with Crippen LogP contribution in [0.4, 0.5) is 0 Å². The highest BCUT2D eigenvalue weighted by atomic mass is 16.5. The molecule has 112 valence electrons. The molecule has 1 amide bonds. The molecule has 0 spiro atoms. The molecule has 5 nitrogen and oxygen atoms in total. The number of hydrogen-bond donors (Lipinski definition) is 1. The van der Waals surface area contributed by atoms with E-state index in [4.69, 9.17) is 10.00 Å². The second kappa shape index (κ2) is 7.09. The number of amides is 1. The number of benzene rings is 1. The normalized spacial score (nSPS) is 15.1. The summed E-state index contributed by atoms with van der Waals surface area (Å²) in [6.07, 6.45) is 1.96. The maximum atomic E-state index is 12.1. The van der Waals surface area contributed by atoms with Gasteiger partial charge >= 0.3 is 0 Å². The predicted molar refractivity (Wildman–Crippen MR) is 77.6 cm³/mol. The van der Waals surface area contributed by atoms with Gasteiger partial charge in [0.1, 0.15) is 11.8 Å². The summed E-state index contributed by atoms with van der Waals surface area (Å²) in [4.78, 5) is 13.7. The van der Waals surface area contributed by atoms with E-state index in [1.165, 1.54) is 0 Å². The Kier molecular flexibility index (Phi) is 5.18. The van der Waals surface area contributed by atoms with Crippen molar-refractivity contribution in [3.63, 3.8) is 0 Å². The van der Waals surface area contributed by atoms with E-state index in [2.05, 4.69) is 0 Å². The first-order valence-electron chi connectivity index (χ1n) is 7.11. The van der Waals surface area contributed by atoms with Crippen molar-refractivity contribution >= 4 is 5.91 Å². The molecule has 1 unspecified atom stereocenters. The fourth-order valence-corrected chi connectivity index (χ4v) is 2.18. The third-order valence-corrected chi connectivity index (χ3v) is 3.61. The number of carbonyl (C=O) groups is 1. The van der Waals surface area contributed by atoms with Crippen LogP contribution in [0.5, 0.6) is 5.75 Å². The van der Waals surface area contributed by atoms with Gasteiger partial charge < -0.3 is 14.7 Å². The molecule has 0 saturated heterocycles. The summed E-state index contributed by atoms with van der Waals surface area (Å²) in [5.41, 5.74) is 0.836. The lowest BCUT2D eigenvalue weighted by atomic mass is 10.1. The summed E-state index contributed by atoms with van der Waals surface area (Å²) in [5, 5.41) is 18.4. The van der Waals surface area contributed by atoms with Crippen molar-refractivity contribution in [2.75, 3.05) is 20.2 Å². The van der Waals surface area contributed by atoms with Crippen molar-refractivity contribution in [1.29, 1.82) is 5.26 Å². The minimum atomic E-state index is -0.413. The molecule has 0 aliphatic heterocycles. The van der Waals surface area contributed by atoms with E-state index < -0.39 is 6.10 Å². The SMILES string of the molecule is CN(CC(O)C1CC1)C(=O)Cc1cccc(OCC#N)c1. The van der Waals surface area contributed by atoms with E-state index in [0.29, 0.717) is 18.2 Å². The van der Waals surface area contributed by atoms with E-state index in [-0.39, 0.29) is 18.9 Å². The maximum Gasteiger partial charge on any atom is 0.226 e. The second-order valence-corrected chi connectivity index (χ2v) is 5.45. The summed E-state index contributed by atoms with van der Waals surface area (Å²) >= 11 is 0. The molecule has 5 heteroatoms. The molecule has 1 fully saturated rings. The number of aliphatic hydroxyl groups excluding tert-OH is 1. The van der Waals surface area contributed by atoms with Crippen LogP contribution < -0.4 is 4.74 Å². The van der Waals surface area contributed by atoms with E-state index in [0.717, 1.165) is 18.4 Å². The van der Waals surface area contributed by atoms with Gasteiger partial charge in [-0.15, -0.1) is 0 Å². The molecule has 1 N–H and O–H groups in total. The summed E-state index contributed by atoms with van der Waals surface area (Å²) in [6, 6.07) is 9.08. The zero-order valence-electron chi connectivity index (χ0n) is 12.2. The molecule has 0 aromatic heterocycles. The molecule has 1 atom stereocenters. The van der Waals surface area contributed by atoms with E-state index in [1.54, 1.807) is 30.1 Å². The van der Waals surface area contributed by atoms with Gasteiger partial charge in [-0.3, -0.25) is 4.79 Å². The predicted octanol–water partition coefficient (Wildman–Crippen LogP) is 1.36. The number of nitrogens with zero attached hydrogens (tertiary/aromatic N) is 2. The van der Waals surface area contributed by atoms with E-state index in [1.807, 2.05) is 12.1 Å². The molecule has 2 rings (SSSR count). The van der Waals surface area contributed by atoms with Gasteiger partial charge in [0.2, 0.25) is 5.91 Å². The minimum absolute atomic E-state index is 0.00904. The monoisotopic (exact) mass is 288 g/mol. The molecule has 0 bridgehead atoms. The Hall–Kier alpha value is -2.06. The number of likely N-dealkylation sites (N-methyl/N-ethyl adjacent to an activating group) is 1. The first-order chi connectivity index (χ1) is 10.1. The highest BCUT2D eigenvalue weighted by molar-refractivity contribution is 5.78. The number of carbonyl (C=O) groups excluding carboxylic acids is 1. The molecule has 0 radical (unpaired) electrons. The van der Waals surface area contributed by atoms with Gasteiger partial charge in [0.15, 0.2) is 6.61 Å². The Bertz CT molecular complexity index is 535. The average Bonchev–Trinajstić information content (AvgIpc) is 3.30. The third kappa shape index (κ3) is 4.76. The third-order valence-electron chi connectivity index (χ3n) is 3.61. The van der Waals surface area contributed by atoms with Crippen molar-refractivity contribution in [1.82, 2.24) is 4.90 Å². The van der Waals surface area contributed by atoms with Crippen molar-refractivity contribution in [3.05, 3.63) is 29.8 Å². The summed E-state index contributed by atoms with van der Waals surface area (Å²) < 4.78 is 5.22. The minimum Gasteiger partial charge on any atom is -0.479 e. The van der Waals surface area contributed by atoms with Gasteiger partial charge in [-0.05, 0) is 36.5 Å². The number of nitriles is 1. The first-order valence-corrected chi connectivity index (χ1v) is 7.11. The van der Waals surface area contributed by atoms with Crippen LogP contribution >= 0.6 is 0 Å². The topological polar surface area (TPSA) is 73.6 Å². The number of aliphatic hydroxyl groups is 1. The highest BCUT2D eigenvalue weighted by Crippen LogP contribution is 2.32. The van der Waals surface area contributed by atoms with Gasteiger partial charge in [0.05, 0.1) is 12.5 Å². The van der Waals surface area contributed by atoms with Crippen LogP contribution in [-0.2, 0) is 11.2 Å². The van der Waals surface area contributed by atoms with Crippen molar-refractivity contribution in [2.24, 2.45) is 5.92 Å². The summed E-state index contributed by atoms with van der Waals surface area (Å²) in [7, 11) is 1.71. The van der Waals surface area contributed by atoms with Gasteiger partial charge in [0.25, 0.3) is 0 Å². The summed E-state index contributed by atoms with van der Waals surface area (Å²) in [6.45, 7) is 0.374. The van der Waals surface area contributed by atoms with Crippen molar-refractivity contribution in [2.45, 2.75) is 25.4 Å². The molecule has 1 aromatic rings. The standard InChI is InChI=1S/C16H20N2O3/c1-18(11-15(19)13-5-6-13)16(20)10-12-3-2-4-14(9-12)21-8-7-17/h2-4,9,13,15,19H,5-6,8,10-11H2,1H3. The van der Waals surface area contributed by atoms with Crippen LogP contribution in [-0.4, -0.2) is 42.2 Å². The zero-order chi connectivity index (χ0) is 15.2. The van der Waals surface area contributed by atoms with Crippen LogP contribution in [0.25, 0.3) is 0 Å². The lowest BCUT2D eigenvalue weighted by Crippen LogP contribution is -2.36. The van der Waals surface area contributed by atoms with Crippen molar-refractivity contribution < 1.29 is 14.6 Å². The Balaban J connectivity index is 1.87. The fourth-order valence-electron chi connectivity index (χ4n) is 2.18. The van der Waals surface area contributed by atoms with Gasteiger partial charge in [0, 0.05) is 13.6 Å². The number of hydrogen-bond acceptors (Lipinski definition) is 4. The Morgan fingerprint density at radius 3 is 3.00 bits per heavy atom. The Morgan fingerprint density at radius 1 is 1.57 bits per heavy atom. The first kappa shape index (κ1) is 15.3. The van der Waals surface area contributed by atoms with Crippen LogP contribution in [0.2, 0.25) is 0 Å². The summed E-state index contributed by atoms with van der Waals surface area (Å²) in [5.74, 6) is 0.914. The Labute approximate surface area is 124 Å². The molecule has 0 heterocycles. The molecule has 1 aromatic carbocycles. The van der Waals surface area contributed by atoms with E-state index >= 15 is 0 Å². The quantitative estimate of drug-likeness (QED) is 0.822. The second-order valence-electron chi connectivity index (χ2n) is 5.45. The molecule has 1 aliphatic rings. The van der Waals surface area contributed by atoms with Crippen molar-refractivity contribution in [3.8, 4) is 11.8 Å². The van der Waals surface area contributed by atoms with Crippen LogP contribution in [0, 0.1) is 17.2 Å².